The fourth-order valence-corrected chi connectivity index (χ4v) is 14.3. The van der Waals surface area contributed by atoms with Gasteiger partial charge in [0.1, 0.15) is 71.3 Å². The van der Waals surface area contributed by atoms with Crippen LogP contribution in [0.25, 0.3) is 21.8 Å². The number of nitrogens with zero attached hydrogens (tertiary/aromatic N) is 2. The first-order chi connectivity index (χ1) is 49.4. The topological polar surface area (TPSA) is 429 Å². The monoisotopic (exact) mass is 1460 g/mol. The van der Waals surface area contributed by atoms with Crippen molar-refractivity contribution < 1.29 is 71.4 Å². The molecular formula is C71H85F2N15O13S2. The van der Waals surface area contributed by atoms with E-state index in [0.29, 0.717) is 76.4 Å². The lowest BCUT2D eigenvalue weighted by atomic mass is 9.95. The quantitative estimate of drug-likeness (QED) is 0.0619. The fourth-order valence-electron chi connectivity index (χ4n) is 12.4. The number of hydrogen-bond acceptors (Lipinski definition) is 16. The Kier molecular flexibility index (Phi) is 26.9. The number of carboxylic acids is 1. The molecule has 548 valence electrons. The number of nitrogens with one attached hydrogen (secondary N) is 11. The summed E-state index contributed by atoms with van der Waals surface area (Å²) in [5, 5.41) is 32.3. The van der Waals surface area contributed by atoms with E-state index in [9.17, 15) is 43.1 Å². The molecule has 10 amide bonds. The van der Waals surface area contributed by atoms with Gasteiger partial charge in [0.2, 0.25) is 59.1 Å². The summed E-state index contributed by atoms with van der Waals surface area (Å²) in [6, 6.07) is 9.56. The van der Waals surface area contributed by atoms with Gasteiger partial charge < -0.3 is 83.7 Å². The lowest BCUT2D eigenvalue weighted by Crippen LogP contribution is -2.63. The van der Waals surface area contributed by atoms with E-state index in [1.54, 1.807) is 31.2 Å². The molecule has 4 aromatic carbocycles. The number of carbonyl (C=O) groups is 11. The number of H-pyrrole nitrogens is 3. The lowest BCUT2D eigenvalue weighted by Gasteiger charge is -2.37. The number of hydrogen-bond donors (Lipinski definition) is 14. The summed E-state index contributed by atoms with van der Waals surface area (Å²) in [6.07, 6.45) is 4.59. The molecule has 28 nitrogen and oxygen atoms in total. The number of amides is 10. The largest absolute Gasteiger partial charge is 0.497 e. The maximum absolute atomic E-state index is 15.3. The zero-order valence-corrected chi connectivity index (χ0v) is 58.6. The van der Waals surface area contributed by atoms with Crippen molar-refractivity contribution in [1.29, 1.82) is 0 Å². The Balaban J connectivity index is 1.07. The van der Waals surface area contributed by atoms with Crippen LogP contribution in [-0.2, 0) is 89.9 Å². The maximum Gasteiger partial charge on any atom is 0.305 e. The van der Waals surface area contributed by atoms with Gasteiger partial charge in [0.05, 0.1) is 19.9 Å². The zero-order chi connectivity index (χ0) is 73.9. The average Bonchev–Trinajstić information content (AvgIpc) is 1.69. The van der Waals surface area contributed by atoms with Crippen LogP contribution in [0.5, 0.6) is 5.75 Å². The minimum atomic E-state index is -2.04. The highest BCUT2D eigenvalue weighted by Crippen LogP contribution is 2.32. The van der Waals surface area contributed by atoms with E-state index >= 15 is 23.6 Å². The molecule has 5 heterocycles. The van der Waals surface area contributed by atoms with E-state index in [-0.39, 0.29) is 67.5 Å². The van der Waals surface area contributed by atoms with E-state index < -0.39 is 143 Å². The Morgan fingerprint density at radius 2 is 1.23 bits per heavy atom. The summed E-state index contributed by atoms with van der Waals surface area (Å²) in [6.45, 7) is 3.21. The number of primary amides is 1. The Morgan fingerprint density at radius 3 is 1.82 bits per heavy atom. The minimum absolute atomic E-state index is 0.00819. The third kappa shape index (κ3) is 20.9. The van der Waals surface area contributed by atoms with Crippen molar-refractivity contribution in [2.45, 2.75) is 150 Å². The molecule has 0 aliphatic carbocycles. The predicted molar refractivity (Wildman–Crippen MR) is 381 cm³/mol. The molecule has 0 radical (unpaired) electrons. The number of halogens is 2. The highest BCUT2D eigenvalue weighted by Gasteiger charge is 2.49. The summed E-state index contributed by atoms with van der Waals surface area (Å²) in [7, 11) is 1.47. The molecule has 9 atom stereocenters. The van der Waals surface area contributed by atoms with Crippen molar-refractivity contribution in [3.8, 4) is 5.75 Å². The Morgan fingerprint density at radius 1 is 0.660 bits per heavy atom. The summed E-state index contributed by atoms with van der Waals surface area (Å²) < 4.78 is 35.3. The van der Waals surface area contributed by atoms with Crippen LogP contribution in [0.4, 0.5) is 8.78 Å². The molecule has 9 rings (SSSR count). The van der Waals surface area contributed by atoms with Gasteiger partial charge in [-0.3, -0.25) is 52.7 Å². The number of ether oxygens (including phenoxy) is 1. The molecule has 2 aliphatic rings. The predicted octanol–water partition coefficient (Wildman–Crippen LogP) is 2.87. The Hall–Kier alpha value is -10.3. The number of nitrogens with two attached hydrogens (primary N) is 2. The number of imidazole rings is 1. The van der Waals surface area contributed by atoms with Crippen LogP contribution >= 0.6 is 23.5 Å². The number of aromatic amines is 3. The van der Waals surface area contributed by atoms with E-state index in [1.807, 2.05) is 24.3 Å². The molecule has 0 spiro atoms. The van der Waals surface area contributed by atoms with Crippen molar-refractivity contribution >= 4 is 110 Å². The number of fused-ring (bicyclic) bond motifs is 5. The summed E-state index contributed by atoms with van der Waals surface area (Å²) in [5.74, 6) is -9.94. The van der Waals surface area contributed by atoms with Crippen molar-refractivity contribution in [3.05, 3.63) is 155 Å². The SMILES string of the molecule is COc1ccc(C[C@@H]2NC(=O)[C@H](Cc3cnc[nH]3)NC(=O)[C@H](CC(=O)O)NC(=O)[C@H](Cc3c[nH]c4ccc(F)cc34)NC(=O)[C@H](Cc3c[nH]c4ccc(F)cc34)NC(=O)[C@@H](C)NC(=O)[C@H](CCCCN)NC(=O)CCSCc3cccc(c3)CSC[C@@H](C(N)=O)NC(=O)[C@]3(C)CCCN3C2=O)cc1. The highest BCUT2D eigenvalue weighted by molar-refractivity contribution is 7.98. The summed E-state index contributed by atoms with van der Waals surface area (Å²) >= 11 is 2.80. The normalized spacial score (nSPS) is 23.2. The summed E-state index contributed by atoms with van der Waals surface area (Å²) in [5.41, 5.74) is 14.2. The van der Waals surface area contributed by atoms with Gasteiger partial charge in [-0.2, -0.15) is 23.5 Å². The van der Waals surface area contributed by atoms with E-state index in [0.717, 1.165) is 11.1 Å². The van der Waals surface area contributed by atoms with Gasteiger partial charge >= 0.3 is 5.97 Å². The van der Waals surface area contributed by atoms with Gasteiger partial charge in [0.15, 0.2) is 0 Å². The third-order valence-electron chi connectivity index (χ3n) is 18.1. The number of benzene rings is 4. The van der Waals surface area contributed by atoms with E-state index in [2.05, 4.69) is 62.5 Å². The Bertz CT molecular complexity index is 4220. The molecule has 1 saturated heterocycles. The van der Waals surface area contributed by atoms with Gasteiger partial charge in [-0.25, -0.2) is 13.8 Å². The van der Waals surface area contributed by atoms with Gasteiger partial charge in [-0.15, -0.1) is 0 Å². The Labute approximate surface area is 600 Å². The number of aromatic nitrogens is 4. The van der Waals surface area contributed by atoms with Crippen LogP contribution in [0, 0.1) is 11.6 Å². The molecule has 32 heteroatoms. The van der Waals surface area contributed by atoms with Gasteiger partial charge in [0, 0.05) is 108 Å². The molecule has 1 fully saturated rings. The molecule has 0 unspecified atom stereocenters. The second kappa shape index (κ2) is 36.0. The number of carbonyl (C=O) groups excluding carboxylic acids is 10. The second-order valence-electron chi connectivity index (χ2n) is 25.7. The first kappa shape index (κ1) is 76.8. The second-order valence-corrected chi connectivity index (χ2v) is 27.9. The van der Waals surface area contributed by atoms with Crippen LogP contribution in [0.2, 0.25) is 0 Å². The zero-order valence-electron chi connectivity index (χ0n) is 57.0. The lowest BCUT2D eigenvalue weighted by molar-refractivity contribution is -0.147. The number of thioether (sulfide) groups is 2. The number of rotatable bonds is 16. The van der Waals surface area contributed by atoms with Crippen LogP contribution in [0.15, 0.2) is 110 Å². The highest BCUT2D eigenvalue weighted by atomic mass is 32.2. The van der Waals surface area contributed by atoms with Gasteiger partial charge in [-0.1, -0.05) is 36.4 Å². The molecule has 2 aliphatic heterocycles. The molecule has 16 N–H and O–H groups in total. The number of methoxy groups -OCH3 is 1. The number of aliphatic carboxylic acids is 1. The standard InChI is InChI=1S/C71H85F2N15O13S2/c1-39-63(93)82-54(26-43-32-77-51-17-13-45(72)28-49(43)51)65(95)83-55(27-44-33-78-52-18-14-46(73)29-50(44)52)66(96)85-57(31-61(90)91)68(98)84-56(30-47-34-76-38-79-47)67(97)86-58(25-40-11-15-48(101-3)16-12-40)69(99)88-22-7-20-71(88,2)70(100)87-59(62(75)92)37-103-36-42-9-6-8-41(24-42)35-102-23-19-60(89)81-53(64(94)80-39)10-4-5-21-74/h6,8-9,11-18,24,28-29,32-34,38-39,53-59,77-78H,4-5,7,10,19-23,25-27,30-31,35-37,74H2,1-3H3,(H2,75,92)(H,76,79)(H,80,94)(H,81,89)(H,82,93)(H,83,95)(H,84,98)(H,85,96)(H,86,97)(H,87,100)(H,90,91)/t39-,53+,54+,55+,56+,57+,58+,59+,71+/m1/s1. The molecule has 3 aromatic heterocycles. The third-order valence-corrected chi connectivity index (χ3v) is 20.2. The van der Waals surface area contributed by atoms with Gasteiger partial charge in [-0.05, 0) is 129 Å². The van der Waals surface area contributed by atoms with Crippen molar-refractivity contribution in [1.82, 2.24) is 67.4 Å². The van der Waals surface area contributed by atoms with Crippen LogP contribution in [0.3, 0.4) is 0 Å². The smallest absolute Gasteiger partial charge is 0.305 e. The average molecular weight is 1460 g/mol. The van der Waals surface area contributed by atoms with Crippen molar-refractivity contribution in [2.75, 3.05) is 31.7 Å². The van der Waals surface area contributed by atoms with E-state index in [1.165, 1.54) is 104 Å². The van der Waals surface area contributed by atoms with Crippen LogP contribution in [-0.4, -0.2) is 181 Å². The maximum atomic E-state index is 15.3. The fraction of sp³-hybridized carbons (Fsp3) is 0.408. The van der Waals surface area contributed by atoms with Crippen LogP contribution in [0.1, 0.15) is 92.3 Å². The molecule has 7 aromatic rings. The molecule has 0 saturated carbocycles. The first-order valence-electron chi connectivity index (χ1n) is 33.7. The number of unbranched alkanes of at least 4 members (excludes halogenated alkanes) is 1. The number of carboxylic acid groups (broad SMARTS) is 1. The summed E-state index contributed by atoms with van der Waals surface area (Å²) in [4.78, 5) is 173. The molecular weight excluding hydrogens is 1370 g/mol. The molecule has 103 heavy (non-hydrogen) atoms. The first-order valence-corrected chi connectivity index (χ1v) is 36.0. The van der Waals surface area contributed by atoms with Crippen molar-refractivity contribution in [2.24, 2.45) is 11.5 Å². The van der Waals surface area contributed by atoms with E-state index in [4.69, 9.17) is 16.2 Å². The van der Waals surface area contributed by atoms with Crippen molar-refractivity contribution in [3.63, 3.8) is 0 Å². The van der Waals surface area contributed by atoms with Crippen LogP contribution < -0.4 is 58.7 Å². The molecule has 2 bridgehead atoms. The van der Waals surface area contributed by atoms with Gasteiger partial charge in [0.25, 0.3) is 0 Å². The minimum Gasteiger partial charge on any atom is -0.497 e.